The van der Waals surface area contributed by atoms with Crippen LogP contribution in [-0.2, 0) is 0 Å². The molecule has 0 saturated carbocycles. The van der Waals surface area contributed by atoms with E-state index in [1.54, 1.807) is 11.8 Å². The zero-order valence-corrected chi connectivity index (χ0v) is 22.5. The molecule has 0 N–H and O–H groups in total. The summed E-state index contributed by atoms with van der Waals surface area (Å²) in [7, 11) is 2.09. The number of rotatable bonds is 7. The van der Waals surface area contributed by atoms with Gasteiger partial charge in [-0.25, -0.2) is 4.98 Å². The molecule has 1 aliphatic heterocycles. The van der Waals surface area contributed by atoms with E-state index in [0.29, 0.717) is 11.8 Å². The maximum Gasteiger partial charge on any atom is 0.144 e. The van der Waals surface area contributed by atoms with Crippen molar-refractivity contribution < 1.29 is 0 Å². The molecule has 5 rings (SSSR count). The number of benzene rings is 3. The lowest BCUT2D eigenvalue weighted by atomic mass is 9.92. The summed E-state index contributed by atoms with van der Waals surface area (Å²) < 4.78 is 2.28. The van der Waals surface area contributed by atoms with Crippen LogP contribution in [-0.4, -0.2) is 28.2 Å². The Hall–Kier alpha value is -3.44. The van der Waals surface area contributed by atoms with Crippen LogP contribution in [0.3, 0.4) is 0 Å². The fourth-order valence-corrected chi connectivity index (χ4v) is 5.68. The van der Waals surface area contributed by atoms with Crippen molar-refractivity contribution in [3.63, 3.8) is 0 Å². The number of imidazole rings is 1. The van der Waals surface area contributed by atoms with Crippen molar-refractivity contribution in [2.24, 2.45) is 0 Å². The highest BCUT2D eigenvalue weighted by molar-refractivity contribution is 7.99. The summed E-state index contributed by atoms with van der Waals surface area (Å²) >= 11 is 1.79. The smallest absolute Gasteiger partial charge is 0.144 e. The Balaban J connectivity index is 1.48. The van der Waals surface area contributed by atoms with E-state index in [4.69, 9.17) is 4.98 Å². The molecule has 0 aliphatic carbocycles. The van der Waals surface area contributed by atoms with Gasteiger partial charge in [-0.2, -0.15) is 0 Å². The van der Waals surface area contributed by atoms with Gasteiger partial charge in [0.2, 0.25) is 0 Å². The van der Waals surface area contributed by atoms with Gasteiger partial charge in [-0.3, -0.25) is 4.57 Å². The predicted molar refractivity (Wildman–Crippen MR) is 152 cm³/mol. The minimum absolute atomic E-state index is 0.424. The highest BCUT2D eigenvalue weighted by atomic mass is 32.2. The number of nitrogens with zero attached hydrogens (tertiary/aromatic N) is 4. The molecular formula is C31H34N4S. The largest absolute Gasteiger partial charge is 0.361 e. The lowest BCUT2D eigenvalue weighted by Crippen LogP contribution is -2.21. The number of hydrogen-bond donors (Lipinski definition) is 0. The van der Waals surface area contributed by atoms with E-state index in [-0.39, 0.29) is 0 Å². The second-order valence-electron chi connectivity index (χ2n) is 10.0. The Morgan fingerprint density at radius 3 is 2.14 bits per heavy atom. The molecule has 0 spiro atoms. The average Bonchev–Trinajstić information content (AvgIpc) is 3.53. The van der Waals surface area contributed by atoms with E-state index in [0.717, 1.165) is 18.1 Å². The maximum atomic E-state index is 4.82. The van der Waals surface area contributed by atoms with Crippen LogP contribution in [0.2, 0.25) is 0 Å². The molecule has 4 aromatic rings. The average molecular weight is 495 g/mol. The van der Waals surface area contributed by atoms with Crippen LogP contribution < -0.4 is 4.90 Å². The SMILES string of the molecule is CC(C)c1cccc(C(C)C)c1-n1ccnc1-c1cccc(Sc2cccc(N3C=CN(C)C3)c2)c1. The highest BCUT2D eigenvalue weighted by Gasteiger charge is 2.19. The lowest BCUT2D eigenvalue weighted by molar-refractivity contribution is 0.495. The van der Waals surface area contributed by atoms with Crippen LogP contribution in [0.1, 0.15) is 50.7 Å². The van der Waals surface area contributed by atoms with Crippen molar-refractivity contribution in [1.29, 1.82) is 0 Å². The predicted octanol–water partition coefficient (Wildman–Crippen LogP) is 8.12. The summed E-state index contributed by atoms with van der Waals surface area (Å²) in [6.07, 6.45) is 8.25. The first-order valence-electron chi connectivity index (χ1n) is 12.6. The van der Waals surface area contributed by atoms with Crippen molar-refractivity contribution in [1.82, 2.24) is 14.5 Å². The van der Waals surface area contributed by atoms with E-state index in [9.17, 15) is 0 Å². The Morgan fingerprint density at radius 1 is 0.806 bits per heavy atom. The molecule has 0 bridgehead atoms. The summed E-state index contributed by atoms with van der Waals surface area (Å²) in [4.78, 5) is 11.7. The standard InChI is InChI=1S/C31H34N4S/c1-22(2)28-13-8-14-29(23(3)4)30(28)35-16-15-32-31(35)24-9-6-11-26(19-24)36-27-12-7-10-25(20-27)34-18-17-33(5)21-34/h6-20,22-23H,21H2,1-5H3. The molecule has 3 aromatic carbocycles. The Morgan fingerprint density at radius 2 is 1.47 bits per heavy atom. The second-order valence-corrected chi connectivity index (χ2v) is 11.2. The molecule has 4 nitrogen and oxygen atoms in total. The molecular weight excluding hydrogens is 460 g/mol. The third-order valence-corrected chi connectivity index (χ3v) is 7.56. The molecule has 2 heterocycles. The number of anilines is 1. The first kappa shape index (κ1) is 24.3. The van der Waals surface area contributed by atoms with Gasteiger partial charge in [0.25, 0.3) is 0 Å². The number of hydrogen-bond acceptors (Lipinski definition) is 4. The van der Waals surface area contributed by atoms with E-state index >= 15 is 0 Å². The van der Waals surface area contributed by atoms with Crippen molar-refractivity contribution >= 4 is 17.4 Å². The van der Waals surface area contributed by atoms with Gasteiger partial charge in [0.1, 0.15) is 5.82 Å². The third-order valence-electron chi connectivity index (χ3n) is 6.58. The first-order valence-corrected chi connectivity index (χ1v) is 13.4. The zero-order valence-electron chi connectivity index (χ0n) is 21.7. The molecule has 0 fully saturated rings. The van der Waals surface area contributed by atoms with Gasteiger partial charge in [-0.05, 0) is 53.3 Å². The van der Waals surface area contributed by atoms with Crippen molar-refractivity contribution in [3.8, 4) is 17.1 Å². The van der Waals surface area contributed by atoms with E-state index in [2.05, 4.69) is 134 Å². The quantitative estimate of drug-likeness (QED) is 0.259. The summed E-state index contributed by atoms with van der Waals surface area (Å²) in [6.45, 7) is 9.94. The summed E-state index contributed by atoms with van der Waals surface area (Å²) in [5.74, 6) is 1.83. The van der Waals surface area contributed by atoms with Gasteiger partial charge in [-0.15, -0.1) is 0 Å². The normalized spacial score (nSPS) is 13.4. The van der Waals surface area contributed by atoms with Crippen LogP contribution in [0.4, 0.5) is 5.69 Å². The Kier molecular flexibility index (Phi) is 6.92. The van der Waals surface area contributed by atoms with E-state index < -0.39 is 0 Å². The second kappa shape index (κ2) is 10.3. The fraction of sp³-hybridized carbons (Fsp3) is 0.258. The van der Waals surface area contributed by atoms with Crippen LogP contribution in [0.5, 0.6) is 0 Å². The molecule has 1 aliphatic rings. The van der Waals surface area contributed by atoms with Crippen LogP contribution in [0, 0.1) is 0 Å². The summed E-state index contributed by atoms with van der Waals surface area (Å²) in [5.41, 5.74) is 6.30. The zero-order chi connectivity index (χ0) is 25.2. The minimum Gasteiger partial charge on any atom is -0.361 e. The number of aromatic nitrogens is 2. The molecule has 184 valence electrons. The topological polar surface area (TPSA) is 24.3 Å². The molecule has 0 radical (unpaired) electrons. The molecule has 1 aromatic heterocycles. The molecule has 36 heavy (non-hydrogen) atoms. The summed E-state index contributed by atoms with van der Waals surface area (Å²) in [6, 6.07) is 24.2. The first-order chi connectivity index (χ1) is 17.4. The van der Waals surface area contributed by atoms with E-state index in [1.807, 2.05) is 6.20 Å². The van der Waals surface area contributed by atoms with Crippen LogP contribution >= 0.6 is 11.8 Å². The van der Waals surface area contributed by atoms with Gasteiger partial charge >= 0.3 is 0 Å². The molecule has 0 unspecified atom stereocenters. The Bertz CT molecular complexity index is 1360. The third kappa shape index (κ3) is 4.93. The molecule has 0 atom stereocenters. The monoisotopic (exact) mass is 494 g/mol. The van der Waals surface area contributed by atoms with Crippen molar-refractivity contribution in [2.45, 2.75) is 49.3 Å². The lowest BCUT2D eigenvalue weighted by Gasteiger charge is -2.22. The van der Waals surface area contributed by atoms with Gasteiger partial charge in [0, 0.05) is 52.9 Å². The summed E-state index contributed by atoms with van der Waals surface area (Å²) in [5, 5.41) is 0. The molecule has 5 heteroatoms. The van der Waals surface area contributed by atoms with Gasteiger partial charge in [0.15, 0.2) is 0 Å². The highest BCUT2D eigenvalue weighted by Crippen LogP contribution is 2.36. The molecule has 0 saturated heterocycles. The van der Waals surface area contributed by atoms with Crippen molar-refractivity contribution in [3.05, 3.63) is 103 Å². The molecule has 0 amide bonds. The Labute approximate surface area is 219 Å². The minimum atomic E-state index is 0.424. The maximum absolute atomic E-state index is 4.82. The van der Waals surface area contributed by atoms with Crippen LogP contribution in [0.25, 0.3) is 17.1 Å². The van der Waals surface area contributed by atoms with E-state index in [1.165, 1.54) is 32.3 Å². The number of para-hydroxylation sites is 1. The van der Waals surface area contributed by atoms with Gasteiger partial charge < -0.3 is 9.80 Å². The van der Waals surface area contributed by atoms with Crippen molar-refractivity contribution in [2.75, 3.05) is 18.6 Å². The van der Waals surface area contributed by atoms with Crippen LogP contribution in [0.15, 0.2) is 101 Å². The van der Waals surface area contributed by atoms with Gasteiger partial charge in [0.05, 0.1) is 12.4 Å². The fourth-order valence-electron chi connectivity index (χ4n) is 4.74. The van der Waals surface area contributed by atoms with Gasteiger partial charge in [-0.1, -0.05) is 75.9 Å².